The maximum atomic E-state index is 12.3. The van der Waals surface area contributed by atoms with Crippen LogP contribution in [0.2, 0.25) is 0 Å². The van der Waals surface area contributed by atoms with E-state index in [9.17, 15) is 13.2 Å². The number of likely N-dealkylation sites (tertiary alicyclic amines) is 1. The molecular formula is C12H16N2O4S2. The molecular weight excluding hydrogens is 300 g/mol. The topological polar surface area (TPSA) is 76.6 Å². The summed E-state index contributed by atoms with van der Waals surface area (Å²) in [6.07, 6.45) is 0.620. The molecule has 20 heavy (non-hydrogen) atoms. The van der Waals surface area contributed by atoms with E-state index in [2.05, 4.69) is 4.98 Å². The summed E-state index contributed by atoms with van der Waals surface area (Å²) in [5.41, 5.74) is 1.99. The Kier molecular flexibility index (Phi) is 3.34. The van der Waals surface area contributed by atoms with Crippen LogP contribution >= 0.6 is 11.3 Å². The fourth-order valence-corrected chi connectivity index (χ4v) is 6.06. The zero-order valence-corrected chi connectivity index (χ0v) is 12.7. The van der Waals surface area contributed by atoms with E-state index >= 15 is 0 Å². The third-order valence-corrected chi connectivity index (χ3v) is 7.51. The second-order valence-corrected chi connectivity index (χ2v) is 8.53. The van der Waals surface area contributed by atoms with Crippen LogP contribution in [0.5, 0.6) is 0 Å². The molecule has 0 aromatic carbocycles. The minimum atomic E-state index is -3.15. The van der Waals surface area contributed by atoms with Crippen molar-refractivity contribution in [3.63, 3.8) is 0 Å². The molecule has 1 spiro atoms. The Morgan fingerprint density at radius 2 is 2.35 bits per heavy atom. The number of ether oxygens (including phenoxy) is 1. The summed E-state index contributed by atoms with van der Waals surface area (Å²) >= 11 is 1.36. The van der Waals surface area contributed by atoms with Crippen LogP contribution in [-0.2, 0) is 14.6 Å². The van der Waals surface area contributed by atoms with E-state index in [0.29, 0.717) is 18.7 Å². The summed E-state index contributed by atoms with van der Waals surface area (Å²) in [5.74, 6) is -0.00753. The van der Waals surface area contributed by atoms with Gasteiger partial charge >= 0.3 is 0 Å². The lowest BCUT2D eigenvalue weighted by molar-refractivity contribution is 0.0333. The Bertz CT molecular complexity index is 605. The molecule has 0 N–H and O–H groups in total. The lowest BCUT2D eigenvalue weighted by Gasteiger charge is -2.49. The van der Waals surface area contributed by atoms with Gasteiger partial charge in [0.2, 0.25) is 0 Å². The van der Waals surface area contributed by atoms with E-state index in [1.165, 1.54) is 11.3 Å². The predicted octanol–water partition coefficient (Wildman–Crippen LogP) is 0.419. The van der Waals surface area contributed by atoms with Crippen molar-refractivity contribution in [2.24, 2.45) is 5.92 Å². The molecule has 1 atom stereocenters. The van der Waals surface area contributed by atoms with E-state index in [-0.39, 0.29) is 30.7 Å². The maximum Gasteiger partial charge on any atom is 0.273 e. The average molecular weight is 316 g/mol. The van der Waals surface area contributed by atoms with Crippen molar-refractivity contribution in [1.29, 1.82) is 0 Å². The van der Waals surface area contributed by atoms with Gasteiger partial charge in [-0.25, -0.2) is 13.4 Å². The lowest BCUT2D eigenvalue weighted by atomic mass is 9.83. The van der Waals surface area contributed by atoms with E-state index in [0.717, 1.165) is 0 Å². The molecule has 0 unspecified atom stereocenters. The van der Waals surface area contributed by atoms with Crippen molar-refractivity contribution in [2.45, 2.75) is 11.2 Å². The van der Waals surface area contributed by atoms with Gasteiger partial charge < -0.3 is 9.64 Å². The van der Waals surface area contributed by atoms with Crippen LogP contribution in [0.4, 0.5) is 0 Å². The monoisotopic (exact) mass is 316 g/mol. The number of thiazole rings is 1. The third-order valence-electron chi connectivity index (χ3n) is 4.32. The smallest absolute Gasteiger partial charge is 0.273 e. The largest absolute Gasteiger partial charge is 0.384 e. The van der Waals surface area contributed by atoms with Gasteiger partial charge in [0.15, 0.2) is 9.84 Å². The Labute approximate surface area is 121 Å². The predicted molar refractivity (Wildman–Crippen MR) is 74.5 cm³/mol. The number of aromatic nitrogens is 1. The Morgan fingerprint density at radius 1 is 1.60 bits per heavy atom. The average Bonchev–Trinajstić information content (AvgIpc) is 2.94. The van der Waals surface area contributed by atoms with Crippen molar-refractivity contribution < 1.29 is 17.9 Å². The SMILES string of the molecule is COC[C@H]1CCS(=O)(=O)C12CN(C(=O)c1cscn1)C2. The highest BCUT2D eigenvalue weighted by Crippen LogP contribution is 2.45. The summed E-state index contributed by atoms with van der Waals surface area (Å²) in [6, 6.07) is 0. The van der Waals surface area contributed by atoms with Gasteiger partial charge in [-0.1, -0.05) is 0 Å². The molecule has 0 saturated carbocycles. The number of rotatable bonds is 3. The third kappa shape index (κ3) is 1.89. The second kappa shape index (κ2) is 4.78. The molecule has 1 amide bonds. The Balaban J connectivity index is 1.78. The first kappa shape index (κ1) is 14.0. The highest BCUT2D eigenvalue weighted by atomic mass is 32.2. The van der Waals surface area contributed by atoms with Gasteiger partial charge in [0, 0.05) is 31.5 Å². The van der Waals surface area contributed by atoms with E-state index in [1.807, 2.05) is 0 Å². The van der Waals surface area contributed by atoms with Gasteiger partial charge in [-0.2, -0.15) is 0 Å². The van der Waals surface area contributed by atoms with E-state index in [4.69, 9.17) is 4.74 Å². The minimum Gasteiger partial charge on any atom is -0.384 e. The van der Waals surface area contributed by atoms with Crippen LogP contribution in [0.3, 0.4) is 0 Å². The summed E-state index contributed by atoms with van der Waals surface area (Å²) < 4.78 is 28.9. The molecule has 2 aliphatic heterocycles. The molecule has 0 aliphatic carbocycles. The number of carbonyl (C=O) groups excluding carboxylic acids is 1. The second-order valence-electron chi connectivity index (χ2n) is 5.36. The molecule has 1 aromatic rings. The number of nitrogens with zero attached hydrogens (tertiary/aromatic N) is 2. The van der Waals surface area contributed by atoms with Crippen molar-refractivity contribution in [3.8, 4) is 0 Å². The molecule has 3 heterocycles. The van der Waals surface area contributed by atoms with E-state index < -0.39 is 14.6 Å². The molecule has 110 valence electrons. The van der Waals surface area contributed by atoms with Crippen molar-refractivity contribution in [1.82, 2.24) is 9.88 Å². The molecule has 6 nitrogen and oxygen atoms in total. The number of hydrogen-bond donors (Lipinski definition) is 0. The minimum absolute atomic E-state index is 0.0167. The van der Waals surface area contributed by atoms with Gasteiger partial charge in [-0.15, -0.1) is 11.3 Å². The molecule has 0 bridgehead atoms. The van der Waals surface area contributed by atoms with Gasteiger partial charge in [-0.05, 0) is 6.42 Å². The summed E-state index contributed by atoms with van der Waals surface area (Å²) in [4.78, 5) is 17.7. The van der Waals surface area contributed by atoms with Crippen LogP contribution in [-0.4, -0.2) is 61.5 Å². The fourth-order valence-electron chi connectivity index (χ4n) is 3.13. The first-order valence-electron chi connectivity index (χ1n) is 6.39. The van der Waals surface area contributed by atoms with E-state index in [1.54, 1.807) is 22.9 Å². The normalized spacial score (nSPS) is 26.6. The van der Waals surface area contributed by atoms with Crippen molar-refractivity contribution in [2.75, 3.05) is 32.6 Å². The summed E-state index contributed by atoms with van der Waals surface area (Å²) in [5, 5.41) is 1.68. The maximum absolute atomic E-state index is 12.3. The zero-order chi connectivity index (χ0) is 14.4. The molecule has 8 heteroatoms. The number of hydrogen-bond acceptors (Lipinski definition) is 6. The number of methoxy groups -OCH3 is 1. The van der Waals surface area contributed by atoms with Crippen LogP contribution in [0.15, 0.2) is 10.9 Å². The molecule has 1 aromatic heterocycles. The Morgan fingerprint density at radius 3 is 2.95 bits per heavy atom. The fraction of sp³-hybridized carbons (Fsp3) is 0.667. The first-order valence-corrected chi connectivity index (χ1v) is 8.98. The molecule has 3 rings (SSSR count). The highest BCUT2D eigenvalue weighted by molar-refractivity contribution is 7.93. The number of amides is 1. The van der Waals surface area contributed by atoms with Gasteiger partial charge in [-0.3, -0.25) is 4.79 Å². The molecule has 0 radical (unpaired) electrons. The molecule has 2 saturated heterocycles. The lowest BCUT2D eigenvalue weighted by Crippen LogP contribution is -2.68. The van der Waals surface area contributed by atoms with Gasteiger partial charge in [0.05, 0.1) is 17.9 Å². The van der Waals surface area contributed by atoms with Crippen molar-refractivity contribution >= 4 is 27.1 Å². The van der Waals surface area contributed by atoms with Crippen LogP contribution in [0.25, 0.3) is 0 Å². The summed E-state index contributed by atoms with van der Waals surface area (Å²) in [7, 11) is -1.57. The van der Waals surface area contributed by atoms with Crippen LogP contribution in [0.1, 0.15) is 16.9 Å². The zero-order valence-electron chi connectivity index (χ0n) is 11.1. The van der Waals surface area contributed by atoms with Crippen LogP contribution < -0.4 is 0 Å². The number of carbonyl (C=O) groups is 1. The molecule has 2 fully saturated rings. The quantitative estimate of drug-likeness (QED) is 0.808. The standard InChI is InChI=1S/C12H16N2O4S2/c1-18-4-9-2-3-20(16,17)12(9)6-14(7-12)11(15)10-5-19-8-13-10/h5,8-9H,2-4,6-7H2,1H3/t9-/m1/s1. The van der Waals surface area contributed by atoms with Gasteiger partial charge in [0.25, 0.3) is 5.91 Å². The molecule has 2 aliphatic rings. The van der Waals surface area contributed by atoms with Gasteiger partial charge in [0.1, 0.15) is 10.4 Å². The summed E-state index contributed by atoms with van der Waals surface area (Å²) in [6.45, 7) is 0.956. The van der Waals surface area contributed by atoms with Crippen LogP contribution in [0, 0.1) is 5.92 Å². The highest BCUT2D eigenvalue weighted by Gasteiger charge is 2.62. The Hall–Kier alpha value is -0.990. The number of sulfone groups is 1. The first-order chi connectivity index (χ1) is 9.50. The van der Waals surface area contributed by atoms with Crippen molar-refractivity contribution in [3.05, 3.63) is 16.6 Å².